The molecule has 10 heteroatoms. The van der Waals surface area contributed by atoms with Gasteiger partial charge in [-0.3, -0.25) is 10.1 Å². The molecule has 158 valence electrons. The van der Waals surface area contributed by atoms with Crippen molar-refractivity contribution in [2.24, 2.45) is 0 Å². The monoisotopic (exact) mass is 418 g/mol. The van der Waals surface area contributed by atoms with E-state index in [1.807, 2.05) is 16.8 Å². The summed E-state index contributed by atoms with van der Waals surface area (Å²) < 4.78 is 7.69. The lowest BCUT2D eigenvalue weighted by Crippen LogP contribution is -2.40. The first kappa shape index (κ1) is 21.3. The van der Waals surface area contributed by atoms with Gasteiger partial charge in [0, 0.05) is 46.9 Å². The number of nitrogens with zero attached hydrogens (tertiary/aromatic N) is 4. The summed E-state index contributed by atoms with van der Waals surface area (Å²) in [5.41, 5.74) is 1.41. The van der Waals surface area contributed by atoms with Crippen molar-refractivity contribution < 1.29 is 14.3 Å². The third-order valence-electron chi connectivity index (χ3n) is 4.90. The SMILES string of the molecule is CC(=O)N1CC[C@@H](NC(=O)Nc2cnc3c(ccn3COCC[Si](C)(C)C)n2)C1. The predicted octanol–water partition coefficient (Wildman–Crippen LogP) is 2.49. The summed E-state index contributed by atoms with van der Waals surface area (Å²) in [5, 5.41) is 5.60. The highest BCUT2D eigenvalue weighted by molar-refractivity contribution is 6.76. The third-order valence-corrected chi connectivity index (χ3v) is 6.60. The van der Waals surface area contributed by atoms with Gasteiger partial charge in [-0.2, -0.15) is 0 Å². The minimum atomic E-state index is -1.11. The number of urea groups is 1. The van der Waals surface area contributed by atoms with E-state index in [4.69, 9.17) is 4.74 Å². The Kier molecular flexibility index (Phi) is 6.53. The number of hydrogen-bond acceptors (Lipinski definition) is 5. The minimum Gasteiger partial charge on any atom is -0.361 e. The van der Waals surface area contributed by atoms with Crippen molar-refractivity contribution in [1.82, 2.24) is 24.8 Å². The summed E-state index contributed by atoms with van der Waals surface area (Å²) in [6.07, 6.45) is 4.17. The van der Waals surface area contributed by atoms with Gasteiger partial charge in [-0.1, -0.05) is 19.6 Å². The lowest BCUT2D eigenvalue weighted by atomic mass is 10.3. The van der Waals surface area contributed by atoms with E-state index in [-0.39, 0.29) is 18.0 Å². The Labute approximate surface area is 171 Å². The molecule has 0 aromatic carbocycles. The molecule has 3 heterocycles. The van der Waals surface area contributed by atoms with E-state index in [1.54, 1.807) is 4.90 Å². The molecule has 3 rings (SSSR count). The van der Waals surface area contributed by atoms with E-state index in [0.29, 0.717) is 31.2 Å². The summed E-state index contributed by atoms with van der Waals surface area (Å²) in [6.45, 7) is 10.9. The maximum absolute atomic E-state index is 12.2. The number of carbonyl (C=O) groups is 2. The number of fused-ring (bicyclic) bond motifs is 1. The second-order valence-corrected chi connectivity index (χ2v) is 14.3. The van der Waals surface area contributed by atoms with Gasteiger partial charge in [-0.15, -0.1) is 0 Å². The van der Waals surface area contributed by atoms with Crippen LogP contribution in [0, 0.1) is 0 Å². The van der Waals surface area contributed by atoms with Crippen LogP contribution in [-0.2, 0) is 16.3 Å². The topological polar surface area (TPSA) is 101 Å². The molecular formula is C19H30N6O3Si. The highest BCUT2D eigenvalue weighted by Gasteiger charge is 2.25. The molecule has 1 fully saturated rings. The number of carbonyl (C=O) groups excluding carboxylic acids is 2. The third kappa shape index (κ3) is 6.01. The molecule has 0 aliphatic carbocycles. The first-order valence-corrected chi connectivity index (χ1v) is 13.6. The van der Waals surface area contributed by atoms with E-state index in [1.165, 1.54) is 13.1 Å². The predicted molar refractivity (Wildman–Crippen MR) is 114 cm³/mol. The van der Waals surface area contributed by atoms with E-state index in [2.05, 4.69) is 40.2 Å². The summed E-state index contributed by atoms with van der Waals surface area (Å²) in [7, 11) is -1.11. The Morgan fingerprint density at radius 2 is 2.14 bits per heavy atom. The Bertz CT molecular complexity index is 878. The van der Waals surface area contributed by atoms with Crippen LogP contribution in [0.5, 0.6) is 0 Å². The van der Waals surface area contributed by atoms with Gasteiger partial charge in [0.1, 0.15) is 12.2 Å². The molecule has 1 aliphatic heterocycles. The molecule has 3 amide bonds. The smallest absolute Gasteiger partial charge is 0.320 e. The summed E-state index contributed by atoms with van der Waals surface area (Å²) in [6, 6.07) is 2.58. The standard InChI is InChI=1S/C19H30N6O3Si/c1-14(26)24-7-5-15(12-24)21-19(27)23-17-11-20-18-16(22-17)6-8-25(18)13-28-9-10-29(2,3)4/h6,8,11,15H,5,7,9-10,12-13H2,1-4H3,(H2,21,22,23,27)/t15-/m1/s1. The molecule has 2 aromatic heterocycles. The first-order chi connectivity index (χ1) is 13.7. The Morgan fingerprint density at radius 3 is 2.83 bits per heavy atom. The summed E-state index contributed by atoms with van der Waals surface area (Å²) >= 11 is 0. The molecule has 1 saturated heterocycles. The van der Waals surface area contributed by atoms with Crippen molar-refractivity contribution in [2.75, 3.05) is 25.0 Å². The fourth-order valence-electron chi connectivity index (χ4n) is 3.17. The van der Waals surface area contributed by atoms with Gasteiger partial charge >= 0.3 is 6.03 Å². The molecule has 0 radical (unpaired) electrons. The van der Waals surface area contributed by atoms with Gasteiger partial charge in [0.15, 0.2) is 11.5 Å². The van der Waals surface area contributed by atoms with Gasteiger partial charge in [0.2, 0.25) is 5.91 Å². The molecule has 29 heavy (non-hydrogen) atoms. The van der Waals surface area contributed by atoms with Crippen LogP contribution in [0.1, 0.15) is 13.3 Å². The number of hydrogen-bond donors (Lipinski definition) is 2. The Morgan fingerprint density at radius 1 is 1.34 bits per heavy atom. The van der Waals surface area contributed by atoms with Crippen molar-refractivity contribution in [3.63, 3.8) is 0 Å². The zero-order chi connectivity index (χ0) is 21.0. The van der Waals surface area contributed by atoms with Crippen LogP contribution >= 0.6 is 0 Å². The van der Waals surface area contributed by atoms with Crippen LogP contribution in [0.2, 0.25) is 25.7 Å². The molecular weight excluding hydrogens is 388 g/mol. The van der Waals surface area contributed by atoms with Gasteiger partial charge in [0.05, 0.1) is 6.20 Å². The number of anilines is 1. The molecule has 0 saturated carbocycles. The fraction of sp³-hybridized carbons (Fsp3) is 0.579. The number of rotatable bonds is 7. The van der Waals surface area contributed by atoms with Crippen LogP contribution in [0.3, 0.4) is 0 Å². The summed E-state index contributed by atoms with van der Waals surface area (Å²) in [4.78, 5) is 34.2. The maximum Gasteiger partial charge on any atom is 0.320 e. The number of ether oxygens (including phenoxy) is 1. The normalized spacial score (nSPS) is 17.0. The lowest BCUT2D eigenvalue weighted by Gasteiger charge is -2.16. The Hall–Kier alpha value is -2.46. The van der Waals surface area contributed by atoms with Gasteiger partial charge < -0.3 is 19.5 Å². The van der Waals surface area contributed by atoms with Crippen LogP contribution in [0.4, 0.5) is 10.6 Å². The molecule has 1 atom stereocenters. The van der Waals surface area contributed by atoms with Crippen LogP contribution in [0.15, 0.2) is 18.5 Å². The molecule has 9 nitrogen and oxygen atoms in total. The highest BCUT2D eigenvalue weighted by atomic mass is 28.3. The van der Waals surface area contributed by atoms with Crippen molar-refractivity contribution in [3.8, 4) is 0 Å². The maximum atomic E-state index is 12.2. The quantitative estimate of drug-likeness (QED) is 0.531. The van der Waals surface area contributed by atoms with Crippen molar-refractivity contribution >= 4 is 37.0 Å². The van der Waals surface area contributed by atoms with Gasteiger partial charge in [-0.25, -0.2) is 14.8 Å². The number of amides is 3. The van der Waals surface area contributed by atoms with Crippen molar-refractivity contribution in [2.45, 2.75) is 51.8 Å². The van der Waals surface area contributed by atoms with Crippen molar-refractivity contribution in [1.29, 1.82) is 0 Å². The van der Waals surface area contributed by atoms with Gasteiger partial charge in [-0.05, 0) is 18.5 Å². The largest absolute Gasteiger partial charge is 0.361 e. The van der Waals surface area contributed by atoms with Crippen LogP contribution in [-0.4, -0.2) is 65.2 Å². The van der Waals surface area contributed by atoms with Gasteiger partial charge in [0.25, 0.3) is 0 Å². The molecule has 0 spiro atoms. The van der Waals surface area contributed by atoms with E-state index >= 15 is 0 Å². The zero-order valence-electron chi connectivity index (χ0n) is 17.6. The van der Waals surface area contributed by atoms with Crippen molar-refractivity contribution in [3.05, 3.63) is 18.5 Å². The first-order valence-electron chi connectivity index (χ1n) is 9.94. The second kappa shape index (κ2) is 8.91. The lowest BCUT2D eigenvalue weighted by molar-refractivity contribution is -0.127. The van der Waals surface area contributed by atoms with E-state index in [9.17, 15) is 9.59 Å². The Balaban J connectivity index is 1.52. The van der Waals surface area contributed by atoms with E-state index < -0.39 is 8.07 Å². The molecule has 1 aliphatic rings. The molecule has 2 N–H and O–H groups in total. The summed E-state index contributed by atoms with van der Waals surface area (Å²) in [5.74, 6) is 0.411. The van der Waals surface area contributed by atoms with E-state index in [0.717, 1.165) is 24.7 Å². The van der Waals surface area contributed by atoms with Crippen LogP contribution in [0.25, 0.3) is 11.2 Å². The number of likely N-dealkylation sites (tertiary alicyclic amines) is 1. The fourth-order valence-corrected chi connectivity index (χ4v) is 3.93. The number of aromatic nitrogens is 3. The number of nitrogens with one attached hydrogen (secondary N) is 2. The highest BCUT2D eigenvalue weighted by Crippen LogP contribution is 2.15. The second-order valence-electron chi connectivity index (χ2n) is 8.65. The average molecular weight is 419 g/mol. The molecule has 0 bridgehead atoms. The van der Waals surface area contributed by atoms with Crippen LogP contribution < -0.4 is 10.6 Å². The molecule has 0 unspecified atom stereocenters. The average Bonchev–Trinajstić information content (AvgIpc) is 3.25. The minimum absolute atomic E-state index is 0.0278. The molecule has 2 aromatic rings. The zero-order valence-corrected chi connectivity index (χ0v) is 18.6.